The summed E-state index contributed by atoms with van der Waals surface area (Å²) >= 11 is 5.76. The van der Waals surface area contributed by atoms with Gasteiger partial charge in [0.05, 0.1) is 11.9 Å². The minimum atomic E-state index is -3.28. The molecule has 0 N–H and O–H groups in total. The van der Waals surface area contributed by atoms with Crippen molar-refractivity contribution in [2.75, 3.05) is 17.6 Å². The molecule has 1 aromatic heterocycles. The number of para-hydroxylation sites is 1. The van der Waals surface area contributed by atoms with Crippen molar-refractivity contribution in [2.45, 2.75) is 12.8 Å². The Morgan fingerprint density at radius 1 is 1.19 bits per heavy atom. The first-order chi connectivity index (χ1) is 9.88. The van der Waals surface area contributed by atoms with Gasteiger partial charge in [0.2, 0.25) is 15.3 Å². The van der Waals surface area contributed by atoms with Crippen LogP contribution in [0.4, 0.5) is 5.69 Å². The van der Waals surface area contributed by atoms with Crippen LogP contribution in [0, 0.1) is 0 Å². The third-order valence-corrected chi connectivity index (χ3v) is 4.54. The molecule has 0 radical (unpaired) electrons. The van der Waals surface area contributed by atoms with Gasteiger partial charge in [0.15, 0.2) is 0 Å². The largest absolute Gasteiger partial charge is 0.273 e. The second kappa shape index (κ2) is 6.41. The van der Waals surface area contributed by atoms with Crippen LogP contribution >= 0.6 is 11.6 Å². The SMILES string of the molecule is CN(c1ccccc1CCc1ccnc(Cl)n1)S(C)(=O)=O. The molecule has 112 valence electrons. The Kier molecular flexibility index (Phi) is 4.80. The van der Waals surface area contributed by atoms with Crippen LogP contribution in [-0.2, 0) is 22.9 Å². The first-order valence-corrected chi connectivity index (χ1v) is 8.60. The Morgan fingerprint density at radius 2 is 1.90 bits per heavy atom. The number of benzene rings is 1. The van der Waals surface area contributed by atoms with E-state index in [0.717, 1.165) is 11.3 Å². The maximum atomic E-state index is 11.7. The third-order valence-electron chi connectivity index (χ3n) is 3.16. The summed E-state index contributed by atoms with van der Waals surface area (Å²) in [7, 11) is -1.73. The first kappa shape index (κ1) is 15.7. The Balaban J connectivity index is 2.21. The van der Waals surface area contributed by atoms with Crippen LogP contribution in [0.5, 0.6) is 0 Å². The fraction of sp³-hybridized carbons (Fsp3) is 0.286. The monoisotopic (exact) mass is 325 g/mol. The van der Waals surface area contributed by atoms with Crippen LogP contribution in [0.25, 0.3) is 0 Å². The molecule has 0 unspecified atom stereocenters. The highest BCUT2D eigenvalue weighted by molar-refractivity contribution is 7.92. The van der Waals surface area contributed by atoms with Crippen LogP contribution < -0.4 is 4.31 Å². The van der Waals surface area contributed by atoms with E-state index in [0.29, 0.717) is 18.5 Å². The maximum Gasteiger partial charge on any atom is 0.232 e. The van der Waals surface area contributed by atoms with E-state index < -0.39 is 10.0 Å². The maximum absolute atomic E-state index is 11.7. The van der Waals surface area contributed by atoms with Crippen molar-refractivity contribution in [1.29, 1.82) is 0 Å². The molecule has 0 aliphatic heterocycles. The second-order valence-electron chi connectivity index (χ2n) is 4.68. The van der Waals surface area contributed by atoms with Crippen molar-refractivity contribution in [3.8, 4) is 0 Å². The summed E-state index contributed by atoms with van der Waals surface area (Å²) < 4.78 is 24.7. The highest BCUT2D eigenvalue weighted by atomic mass is 35.5. The van der Waals surface area contributed by atoms with Gasteiger partial charge >= 0.3 is 0 Å². The number of nitrogens with zero attached hydrogens (tertiary/aromatic N) is 3. The number of hydrogen-bond acceptors (Lipinski definition) is 4. The predicted octanol–water partition coefficient (Wildman–Crippen LogP) is 2.31. The van der Waals surface area contributed by atoms with Crippen molar-refractivity contribution in [3.63, 3.8) is 0 Å². The van der Waals surface area contributed by atoms with E-state index in [1.807, 2.05) is 18.2 Å². The molecular weight excluding hydrogens is 310 g/mol. The van der Waals surface area contributed by atoms with Crippen LogP contribution in [0.3, 0.4) is 0 Å². The van der Waals surface area contributed by atoms with E-state index in [2.05, 4.69) is 9.97 Å². The zero-order chi connectivity index (χ0) is 15.5. The van der Waals surface area contributed by atoms with Gasteiger partial charge in [-0.2, -0.15) is 0 Å². The predicted molar refractivity (Wildman–Crippen MR) is 84.1 cm³/mol. The molecule has 0 bridgehead atoms. The molecule has 1 aromatic carbocycles. The van der Waals surface area contributed by atoms with Crippen LogP contribution in [0.15, 0.2) is 36.5 Å². The highest BCUT2D eigenvalue weighted by Crippen LogP contribution is 2.22. The van der Waals surface area contributed by atoms with E-state index in [4.69, 9.17) is 11.6 Å². The molecule has 0 saturated heterocycles. The normalized spacial score (nSPS) is 11.4. The summed E-state index contributed by atoms with van der Waals surface area (Å²) in [6.45, 7) is 0. The van der Waals surface area contributed by atoms with Crippen molar-refractivity contribution in [3.05, 3.63) is 53.1 Å². The summed E-state index contributed by atoms with van der Waals surface area (Å²) in [6.07, 6.45) is 4.13. The van der Waals surface area contributed by atoms with E-state index >= 15 is 0 Å². The number of aryl methyl sites for hydroxylation is 2. The minimum absolute atomic E-state index is 0.217. The summed E-state index contributed by atoms with van der Waals surface area (Å²) in [4.78, 5) is 7.97. The molecule has 0 saturated carbocycles. The molecule has 21 heavy (non-hydrogen) atoms. The van der Waals surface area contributed by atoms with Gasteiger partial charge in [0, 0.05) is 18.9 Å². The molecular formula is C14H16ClN3O2S. The number of rotatable bonds is 5. The average molecular weight is 326 g/mol. The molecule has 0 aliphatic carbocycles. The van der Waals surface area contributed by atoms with Crippen molar-refractivity contribution >= 4 is 27.3 Å². The molecule has 0 atom stereocenters. The van der Waals surface area contributed by atoms with Crippen LogP contribution in [0.2, 0.25) is 5.28 Å². The lowest BCUT2D eigenvalue weighted by atomic mass is 10.1. The quantitative estimate of drug-likeness (QED) is 0.791. The first-order valence-electron chi connectivity index (χ1n) is 6.37. The van der Waals surface area contributed by atoms with Gasteiger partial charge in [0.1, 0.15) is 0 Å². The van der Waals surface area contributed by atoms with Gasteiger partial charge in [-0.15, -0.1) is 0 Å². The Labute approximate surface area is 129 Å². The Morgan fingerprint density at radius 3 is 2.57 bits per heavy atom. The molecule has 0 aliphatic rings. The number of aromatic nitrogens is 2. The summed E-state index contributed by atoms with van der Waals surface area (Å²) in [5.41, 5.74) is 2.45. The van der Waals surface area contributed by atoms with Gasteiger partial charge in [-0.05, 0) is 42.1 Å². The van der Waals surface area contributed by atoms with Crippen molar-refractivity contribution in [2.24, 2.45) is 0 Å². The van der Waals surface area contributed by atoms with E-state index in [-0.39, 0.29) is 5.28 Å². The second-order valence-corrected chi connectivity index (χ2v) is 7.03. The lowest BCUT2D eigenvalue weighted by Gasteiger charge is -2.20. The number of sulfonamides is 1. The van der Waals surface area contributed by atoms with Gasteiger partial charge < -0.3 is 0 Å². The average Bonchev–Trinajstić information content (AvgIpc) is 2.44. The minimum Gasteiger partial charge on any atom is -0.273 e. The number of anilines is 1. The van der Waals surface area contributed by atoms with Gasteiger partial charge in [0.25, 0.3) is 0 Å². The molecule has 2 aromatic rings. The van der Waals surface area contributed by atoms with Crippen molar-refractivity contribution in [1.82, 2.24) is 9.97 Å². The van der Waals surface area contributed by atoms with Crippen LogP contribution in [0.1, 0.15) is 11.3 Å². The zero-order valence-corrected chi connectivity index (χ0v) is 13.4. The molecule has 5 nitrogen and oxygen atoms in total. The Bertz CT molecular complexity index is 735. The fourth-order valence-corrected chi connectivity index (χ4v) is 2.68. The summed E-state index contributed by atoms with van der Waals surface area (Å²) in [6, 6.07) is 9.22. The standard InChI is InChI=1S/C14H16ClN3O2S/c1-18(21(2,19)20)13-6-4-3-5-11(13)7-8-12-9-10-16-14(15)17-12/h3-6,9-10H,7-8H2,1-2H3. The molecule has 0 fully saturated rings. The Hall–Kier alpha value is -1.66. The number of hydrogen-bond donors (Lipinski definition) is 0. The lowest BCUT2D eigenvalue weighted by molar-refractivity contribution is 0.600. The third kappa shape index (κ3) is 4.15. The molecule has 2 rings (SSSR count). The van der Waals surface area contributed by atoms with Gasteiger partial charge in [-0.1, -0.05) is 18.2 Å². The molecule has 7 heteroatoms. The van der Waals surface area contributed by atoms with E-state index in [1.165, 1.54) is 10.6 Å². The van der Waals surface area contributed by atoms with Crippen molar-refractivity contribution < 1.29 is 8.42 Å². The lowest BCUT2D eigenvalue weighted by Crippen LogP contribution is -2.25. The topological polar surface area (TPSA) is 63.2 Å². The van der Waals surface area contributed by atoms with Crippen LogP contribution in [-0.4, -0.2) is 31.7 Å². The molecule has 1 heterocycles. The van der Waals surface area contributed by atoms with E-state index in [1.54, 1.807) is 25.4 Å². The highest BCUT2D eigenvalue weighted by Gasteiger charge is 2.15. The zero-order valence-electron chi connectivity index (χ0n) is 11.8. The van der Waals surface area contributed by atoms with E-state index in [9.17, 15) is 8.42 Å². The van der Waals surface area contributed by atoms with Gasteiger partial charge in [-0.3, -0.25) is 4.31 Å². The number of halogens is 1. The smallest absolute Gasteiger partial charge is 0.232 e. The fourth-order valence-electron chi connectivity index (χ4n) is 1.98. The van der Waals surface area contributed by atoms with Gasteiger partial charge in [-0.25, -0.2) is 18.4 Å². The molecule has 0 spiro atoms. The summed E-state index contributed by atoms with van der Waals surface area (Å²) in [5.74, 6) is 0. The molecule has 0 amide bonds. The summed E-state index contributed by atoms with van der Waals surface area (Å²) in [5, 5.41) is 0.217.